The molecule has 0 fully saturated rings. The standard InChI is InChI=1S/C13H15N3O/c14-9-11(12-3-1-2-6-16-12)13(17)10-4-7-15-8-5-10/h1-8,11,13,17H,9,14H2. The van der Waals surface area contributed by atoms with Gasteiger partial charge in [-0.05, 0) is 29.8 Å². The largest absolute Gasteiger partial charge is 0.388 e. The molecule has 2 rings (SSSR count). The number of nitrogens with two attached hydrogens (primary N) is 1. The summed E-state index contributed by atoms with van der Waals surface area (Å²) < 4.78 is 0. The molecule has 2 heterocycles. The van der Waals surface area contributed by atoms with Gasteiger partial charge in [0.2, 0.25) is 0 Å². The highest BCUT2D eigenvalue weighted by atomic mass is 16.3. The van der Waals surface area contributed by atoms with Gasteiger partial charge in [0.05, 0.1) is 6.10 Å². The van der Waals surface area contributed by atoms with E-state index < -0.39 is 6.10 Å². The van der Waals surface area contributed by atoms with Crippen LogP contribution in [0.5, 0.6) is 0 Å². The molecule has 0 bridgehead atoms. The molecule has 0 radical (unpaired) electrons. The van der Waals surface area contributed by atoms with Gasteiger partial charge in [0.25, 0.3) is 0 Å². The van der Waals surface area contributed by atoms with Crippen molar-refractivity contribution < 1.29 is 5.11 Å². The number of hydrogen-bond acceptors (Lipinski definition) is 4. The second kappa shape index (κ2) is 5.52. The molecule has 2 atom stereocenters. The molecule has 2 aromatic rings. The number of hydrogen-bond donors (Lipinski definition) is 2. The first-order valence-corrected chi connectivity index (χ1v) is 5.52. The lowest BCUT2D eigenvalue weighted by Crippen LogP contribution is -2.21. The monoisotopic (exact) mass is 229 g/mol. The van der Waals surface area contributed by atoms with Crippen LogP contribution in [-0.2, 0) is 0 Å². The molecule has 4 nitrogen and oxygen atoms in total. The summed E-state index contributed by atoms with van der Waals surface area (Å²) in [5.41, 5.74) is 7.34. The first kappa shape index (κ1) is 11.7. The Labute approximate surface area is 100 Å². The van der Waals surface area contributed by atoms with Gasteiger partial charge >= 0.3 is 0 Å². The highest BCUT2D eigenvalue weighted by Gasteiger charge is 2.22. The average molecular weight is 229 g/mol. The molecule has 2 aromatic heterocycles. The van der Waals surface area contributed by atoms with Gasteiger partial charge in [0, 0.05) is 36.7 Å². The third kappa shape index (κ3) is 2.67. The summed E-state index contributed by atoms with van der Waals surface area (Å²) in [6.45, 7) is 0.348. The first-order chi connectivity index (χ1) is 8.33. The van der Waals surface area contributed by atoms with E-state index >= 15 is 0 Å². The van der Waals surface area contributed by atoms with Crippen molar-refractivity contribution >= 4 is 0 Å². The van der Waals surface area contributed by atoms with E-state index in [-0.39, 0.29) is 5.92 Å². The normalized spacial score (nSPS) is 14.2. The van der Waals surface area contributed by atoms with Gasteiger partial charge in [-0.15, -0.1) is 0 Å². The van der Waals surface area contributed by atoms with Gasteiger partial charge < -0.3 is 10.8 Å². The van der Waals surface area contributed by atoms with E-state index in [4.69, 9.17) is 5.73 Å². The predicted molar refractivity (Wildman–Crippen MR) is 65.2 cm³/mol. The summed E-state index contributed by atoms with van der Waals surface area (Å²) in [4.78, 5) is 8.17. The summed E-state index contributed by atoms with van der Waals surface area (Å²) in [5, 5.41) is 10.3. The van der Waals surface area contributed by atoms with Crippen LogP contribution < -0.4 is 5.73 Å². The molecule has 2 unspecified atom stereocenters. The van der Waals surface area contributed by atoms with Crippen LogP contribution in [0.1, 0.15) is 23.3 Å². The summed E-state index contributed by atoms with van der Waals surface area (Å²) in [6.07, 6.45) is 4.37. The molecule has 0 aliphatic rings. The zero-order valence-electron chi connectivity index (χ0n) is 9.40. The van der Waals surface area contributed by atoms with Crippen molar-refractivity contribution in [3.8, 4) is 0 Å². The van der Waals surface area contributed by atoms with E-state index in [0.29, 0.717) is 6.54 Å². The van der Waals surface area contributed by atoms with Gasteiger partial charge in [0.15, 0.2) is 0 Å². The highest BCUT2D eigenvalue weighted by Crippen LogP contribution is 2.28. The number of pyridine rings is 2. The zero-order valence-corrected chi connectivity index (χ0v) is 9.40. The summed E-state index contributed by atoms with van der Waals surface area (Å²) in [7, 11) is 0. The van der Waals surface area contributed by atoms with Crippen LogP contribution in [-0.4, -0.2) is 21.6 Å². The smallest absolute Gasteiger partial charge is 0.0886 e. The number of aliphatic hydroxyl groups excluding tert-OH is 1. The minimum atomic E-state index is -0.655. The summed E-state index contributed by atoms with van der Waals surface area (Å²) >= 11 is 0. The maximum atomic E-state index is 10.3. The van der Waals surface area contributed by atoms with Gasteiger partial charge in [0.1, 0.15) is 0 Å². The van der Waals surface area contributed by atoms with E-state index in [1.807, 2.05) is 18.2 Å². The van der Waals surface area contributed by atoms with E-state index in [1.165, 1.54) is 0 Å². The number of aliphatic hydroxyl groups is 1. The molecule has 0 spiro atoms. The van der Waals surface area contributed by atoms with Crippen LogP contribution in [0.4, 0.5) is 0 Å². The van der Waals surface area contributed by atoms with Crippen LogP contribution in [0.15, 0.2) is 48.9 Å². The Bertz CT molecular complexity index is 447. The van der Waals surface area contributed by atoms with E-state index in [9.17, 15) is 5.11 Å². The third-order valence-corrected chi connectivity index (χ3v) is 2.75. The lowest BCUT2D eigenvalue weighted by Gasteiger charge is -2.21. The number of rotatable bonds is 4. The Balaban J connectivity index is 2.25. The second-order valence-electron chi connectivity index (χ2n) is 3.82. The van der Waals surface area contributed by atoms with Crippen LogP contribution >= 0.6 is 0 Å². The topological polar surface area (TPSA) is 72.0 Å². The summed E-state index contributed by atoms with van der Waals surface area (Å²) in [6, 6.07) is 9.19. The van der Waals surface area contributed by atoms with Gasteiger partial charge in [-0.1, -0.05) is 6.07 Å². The highest BCUT2D eigenvalue weighted by molar-refractivity contribution is 5.21. The van der Waals surface area contributed by atoms with E-state index in [2.05, 4.69) is 9.97 Å². The fraction of sp³-hybridized carbons (Fsp3) is 0.231. The molecular weight excluding hydrogens is 214 g/mol. The second-order valence-corrected chi connectivity index (χ2v) is 3.82. The van der Waals surface area contributed by atoms with Crippen LogP contribution in [0.2, 0.25) is 0 Å². The lowest BCUT2D eigenvalue weighted by atomic mass is 9.93. The Morgan fingerprint density at radius 1 is 1.12 bits per heavy atom. The van der Waals surface area contributed by atoms with Gasteiger partial charge in [-0.3, -0.25) is 9.97 Å². The minimum Gasteiger partial charge on any atom is -0.388 e. The molecule has 0 aromatic carbocycles. The molecule has 0 amide bonds. The first-order valence-electron chi connectivity index (χ1n) is 5.52. The third-order valence-electron chi connectivity index (χ3n) is 2.75. The molecule has 88 valence electrons. The van der Waals surface area contributed by atoms with E-state index in [0.717, 1.165) is 11.3 Å². The van der Waals surface area contributed by atoms with Crippen molar-refractivity contribution in [1.29, 1.82) is 0 Å². The van der Waals surface area contributed by atoms with Crippen LogP contribution in [0.3, 0.4) is 0 Å². The molecule has 0 aliphatic carbocycles. The van der Waals surface area contributed by atoms with Crippen molar-refractivity contribution in [2.24, 2.45) is 5.73 Å². The summed E-state index contributed by atoms with van der Waals surface area (Å²) in [5.74, 6) is -0.196. The van der Waals surface area contributed by atoms with Crippen molar-refractivity contribution in [3.63, 3.8) is 0 Å². The Morgan fingerprint density at radius 3 is 2.47 bits per heavy atom. The molecule has 4 heteroatoms. The fourth-order valence-corrected chi connectivity index (χ4v) is 1.80. The van der Waals surface area contributed by atoms with Crippen LogP contribution in [0.25, 0.3) is 0 Å². The molecule has 17 heavy (non-hydrogen) atoms. The lowest BCUT2D eigenvalue weighted by molar-refractivity contribution is 0.145. The quantitative estimate of drug-likeness (QED) is 0.827. The minimum absolute atomic E-state index is 0.196. The zero-order chi connectivity index (χ0) is 12.1. The molecule has 0 saturated carbocycles. The van der Waals surface area contributed by atoms with Crippen molar-refractivity contribution in [3.05, 3.63) is 60.2 Å². The molecule has 0 aliphatic heterocycles. The number of aromatic nitrogens is 2. The van der Waals surface area contributed by atoms with Crippen molar-refractivity contribution in [1.82, 2.24) is 9.97 Å². The Hall–Kier alpha value is -1.78. The maximum Gasteiger partial charge on any atom is 0.0886 e. The van der Waals surface area contributed by atoms with Crippen LogP contribution in [0, 0.1) is 0 Å². The Morgan fingerprint density at radius 2 is 1.88 bits per heavy atom. The number of nitrogens with zero attached hydrogens (tertiary/aromatic N) is 2. The molecule has 0 saturated heterocycles. The van der Waals surface area contributed by atoms with Gasteiger partial charge in [-0.2, -0.15) is 0 Å². The van der Waals surface area contributed by atoms with Gasteiger partial charge in [-0.25, -0.2) is 0 Å². The van der Waals surface area contributed by atoms with E-state index in [1.54, 1.807) is 30.7 Å². The molecular formula is C13H15N3O. The SMILES string of the molecule is NCC(c1ccccn1)C(O)c1ccncc1. The van der Waals surface area contributed by atoms with Crippen molar-refractivity contribution in [2.45, 2.75) is 12.0 Å². The fourth-order valence-electron chi connectivity index (χ4n) is 1.80. The maximum absolute atomic E-state index is 10.3. The average Bonchev–Trinajstić information content (AvgIpc) is 2.42. The van der Waals surface area contributed by atoms with Crippen molar-refractivity contribution in [2.75, 3.05) is 6.54 Å². The molecule has 3 N–H and O–H groups in total. The Kier molecular flexibility index (Phi) is 3.80. The predicted octanol–water partition coefficient (Wildman–Crippen LogP) is 1.25.